The molecule has 2 rings (SSSR count). The van der Waals surface area contributed by atoms with Crippen LogP contribution in [0.4, 0.5) is 0 Å². The smallest absolute Gasteiger partial charge is 0.139 e. The Balaban J connectivity index is 2.16. The summed E-state index contributed by atoms with van der Waals surface area (Å²) in [5.74, 6) is 3.40. The molecule has 2 bridgehead atoms. The Bertz CT molecular complexity index is 428. The number of hydrogen-bond donors (Lipinski definition) is 0. The molecule has 0 N–H and O–H groups in total. The molecule has 1 saturated heterocycles. The van der Waals surface area contributed by atoms with Crippen LogP contribution >= 0.6 is 15.9 Å². The van der Waals surface area contributed by atoms with Crippen molar-refractivity contribution in [3.63, 3.8) is 0 Å². The van der Waals surface area contributed by atoms with E-state index in [-0.39, 0.29) is 18.3 Å². The zero-order valence-electron chi connectivity index (χ0n) is 10.4. The molecular weight excluding hydrogens is 292 g/mol. The number of rotatable bonds is 3. The minimum absolute atomic E-state index is 0.0362. The Morgan fingerprint density at radius 1 is 1.67 bits per heavy atom. The van der Waals surface area contributed by atoms with Crippen molar-refractivity contribution in [2.45, 2.75) is 44.5 Å². The van der Waals surface area contributed by atoms with Crippen LogP contribution < -0.4 is 0 Å². The van der Waals surface area contributed by atoms with Crippen molar-refractivity contribution >= 4 is 15.9 Å². The number of allylic oxidation sites excluding steroid dienone is 2. The molecule has 0 aromatic rings. The molecule has 0 saturated carbocycles. The second kappa shape index (κ2) is 6.26. The third-order valence-electron chi connectivity index (χ3n) is 3.11. The van der Waals surface area contributed by atoms with Gasteiger partial charge in [0.2, 0.25) is 0 Å². The van der Waals surface area contributed by atoms with E-state index in [0.717, 1.165) is 29.5 Å². The van der Waals surface area contributed by atoms with Gasteiger partial charge in [0.15, 0.2) is 0 Å². The molecule has 0 radical (unpaired) electrons. The molecule has 2 aliphatic heterocycles. The van der Waals surface area contributed by atoms with E-state index in [1.807, 2.05) is 6.08 Å². The Morgan fingerprint density at radius 2 is 2.50 bits per heavy atom. The maximum atomic E-state index is 6.09. The Morgan fingerprint density at radius 3 is 3.22 bits per heavy atom. The zero-order valence-corrected chi connectivity index (χ0v) is 12.0. The molecule has 2 aliphatic rings. The molecule has 0 unspecified atom stereocenters. The first kappa shape index (κ1) is 13.5. The van der Waals surface area contributed by atoms with E-state index in [2.05, 4.69) is 40.9 Å². The summed E-state index contributed by atoms with van der Waals surface area (Å²) in [6, 6.07) is 0. The van der Waals surface area contributed by atoms with Gasteiger partial charge < -0.3 is 9.47 Å². The summed E-state index contributed by atoms with van der Waals surface area (Å²) < 4.78 is 13.2. The van der Waals surface area contributed by atoms with Gasteiger partial charge >= 0.3 is 0 Å². The van der Waals surface area contributed by atoms with Crippen molar-refractivity contribution in [2.24, 2.45) is 0 Å². The highest BCUT2D eigenvalue weighted by atomic mass is 79.9. The zero-order chi connectivity index (χ0) is 13.0. The summed E-state index contributed by atoms with van der Waals surface area (Å²) in [5.41, 5.74) is 0. The topological polar surface area (TPSA) is 18.5 Å². The highest BCUT2D eigenvalue weighted by Gasteiger charge is 2.36. The SMILES string of the molecule is C#C/C=C\C[C@@H]1O/C(=C(/Br)CC)[C@@H]2C=CC[C@H]1O2. The molecule has 0 amide bonds. The molecule has 0 aliphatic carbocycles. The number of hydrogen-bond acceptors (Lipinski definition) is 2. The molecule has 1 fully saturated rings. The molecule has 0 aromatic carbocycles. The number of fused-ring (bicyclic) bond motifs is 2. The van der Waals surface area contributed by atoms with E-state index < -0.39 is 0 Å². The van der Waals surface area contributed by atoms with Crippen molar-refractivity contribution in [1.29, 1.82) is 0 Å². The van der Waals surface area contributed by atoms with Gasteiger partial charge in [-0.25, -0.2) is 0 Å². The summed E-state index contributed by atoms with van der Waals surface area (Å²) in [6.07, 6.45) is 15.9. The van der Waals surface area contributed by atoms with Crippen LogP contribution in [0.5, 0.6) is 0 Å². The Labute approximate surface area is 117 Å². The van der Waals surface area contributed by atoms with Crippen LogP contribution in [0.15, 0.2) is 34.5 Å². The van der Waals surface area contributed by atoms with Gasteiger partial charge in [-0.05, 0) is 18.9 Å². The van der Waals surface area contributed by atoms with Crippen molar-refractivity contribution in [3.05, 3.63) is 34.5 Å². The van der Waals surface area contributed by atoms with Crippen LogP contribution in [0.25, 0.3) is 0 Å². The highest BCUT2D eigenvalue weighted by molar-refractivity contribution is 9.11. The Hall–Kier alpha value is -0.980. The van der Waals surface area contributed by atoms with Crippen LogP contribution in [0, 0.1) is 12.3 Å². The van der Waals surface area contributed by atoms with Crippen LogP contribution in [-0.2, 0) is 9.47 Å². The quantitative estimate of drug-likeness (QED) is 0.585. The second-order valence-corrected chi connectivity index (χ2v) is 5.30. The maximum Gasteiger partial charge on any atom is 0.139 e. The summed E-state index contributed by atoms with van der Waals surface area (Å²) in [4.78, 5) is 0. The molecule has 2 heterocycles. The van der Waals surface area contributed by atoms with Gasteiger partial charge in [-0.2, -0.15) is 0 Å². The lowest BCUT2D eigenvalue weighted by molar-refractivity contribution is -0.130. The van der Waals surface area contributed by atoms with Crippen LogP contribution in [-0.4, -0.2) is 18.3 Å². The number of ether oxygens (including phenoxy) is 2. The first-order valence-corrected chi connectivity index (χ1v) is 7.04. The Kier molecular flexibility index (Phi) is 4.68. The standard InChI is InChI=1S/C15H17BrO2/c1-3-5-6-8-13-12-9-7-10-14(17-12)15(18-13)11(16)4-2/h1,5-7,10,12-14H,4,8-9H2,2H3/b6-5-,15-11+/t12-,13+,14+/m1/s1. The molecule has 3 atom stereocenters. The van der Waals surface area contributed by atoms with Crippen LogP contribution in [0.1, 0.15) is 26.2 Å². The van der Waals surface area contributed by atoms with Gasteiger partial charge in [0.1, 0.15) is 18.0 Å². The average molecular weight is 309 g/mol. The van der Waals surface area contributed by atoms with E-state index in [1.165, 1.54) is 0 Å². The van der Waals surface area contributed by atoms with Crippen molar-refractivity contribution in [1.82, 2.24) is 0 Å². The number of terminal acetylenes is 1. The molecule has 18 heavy (non-hydrogen) atoms. The third kappa shape index (κ3) is 2.88. The van der Waals surface area contributed by atoms with Gasteiger partial charge in [0.25, 0.3) is 0 Å². The highest BCUT2D eigenvalue weighted by Crippen LogP contribution is 2.35. The van der Waals surface area contributed by atoms with E-state index in [4.69, 9.17) is 15.9 Å². The fraction of sp³-hybridized carbons (Fsp3) is 0.467. The molecule has 3 heteroatoms. The number of halogens is 1. The van der Waals surface area contributed by atoms with Crippen molar-refractivity contribution < 1.29 is 9.47 Å². The lowest BCUT2D eigenvalue weighted by Crippen LogP contribution is -2.43. The maximum absolute atomic E-state index is 6.09. The van der Waals surface area contributed by atoms with Gasteiger partial charge in [-0.15, -0.1) is 6.42 Å². The van der Waals surface area contributed by atoms with Crippen LogP contribution in [0.2, 0.25) is 0 Å². The lowest BCUT2D eigenvalue weighted by Gasteiger charge is -2.40. The van der Waals surface area contributed by atoms with Gasteiger partial charge in [-0.1, -0.05) is 47.0 Å². The fourth-order valence-electron chi connectivity index (χ4n) is 2.18. The van der Waals surface area contributed by atoms with Crippen molar-refractivity contribution in [2.75, 3.05) is 0 Å². The second-order valence-electron chi connectivity index (χ2n) is 4.34. The van der Waals surface area contributed by atoms with Gasteiger partial charge in [0, 0.05) is 10.9 Å². The molecule has 96 valence electrons. The molecular formula is C15H17BrO2. The summed E-state index contributed by atoms with van der Waals surface area (Å²) >= 11 is 3.56. The monoisotopic (exact) mass is 308 g/mol. The predicted molar refractivity (Wildman–Crippen MR) is 76.1 cm³/mol. The van der Waals surface area contributed by atoms with E-state index in [9.17, 15) is 0 Å². The lowest BCUT2D eigenvalue weighted by atomic mass is 9.99. The van der Waals surface area contributed by atoms with E-state index in [1.54, 1.807) is 6.08 Å². The van der Waals surface area contributed by atoms with Gasteiger partial charge in [0.05, 0.1) is 6.10 Å². The summed E-state index contributed by atoms with van der Waals surface area (Å²) in [5, 5.41) is 0. The van der Waals surface area contributed by atoms with Gasteiger partial charge in [-0.3, -0.25) is 0 Å². The largest absolute Gasteiger partial charge is 0.488 e. The van der Waals surface area contributed by atoms with Crippen molar-refractivity contribution in [3.8, 4) is 12.3 Å². The first-order valence-electron chi connectivity index (χ1n) is 6.24. The minimum Gasteiger partial charge on any atom is -0.488 e. The normalized spacial score (nSPS) is 33.1. The molecule has 2 nitrogen and oxygen atoms in total. The minimum atomic E-state index is -0.0362. The first-order chi connectivity index (χ1) is 8.76. The van der Waals surface area contributed by atoms with E-state index in [0.29, 0.717) is 0 Å². The average Bonchev–Trinajstić information content (AvgIpc) is 2.41. The summed E-state index contributed by atoms with van der Waals surface area (Å²) in [7, 11) is 0. The molecule has 0 aromatic heterocycles. The summed E-state index contributed by atoms with van der Waals surface area (Å²) in [6.45, 7) is 2.09. The predicted octanol–water partition coefficient (Wildman–Crippen LogP) is 3.69. The fourth-order valence-corrected chi connectivity index (χ4v) is 2.50. The molecule has 0 spiro atoms. The van der Waals surface area contributed by atoms with Crippen LogP contribution in [0.3, 0.4) is 0 Å². The van der Waals surface area contributed by atoms with E-state index >= 15 is 0 Å². The third-order valence-corrected chi connectivity index (χ3v) is 4.06.